The molecule has 1 N–H and O–H groups in total. The summed E-state index contributed by atoms with van der Waals surface area (Å²) in [6, 6.07) is 8.04. The molecule has 0 unspecified atom stereocenters. The van der Waals surface area contributed by atoms with Crippen molar-refractivity contribution >= 4 is 5.97 Å². The van der Waals surface area contributed by atoms with Crippen LogP contribution in [-0.2, 0) is 20.9 Å². The largest absolute Gasteiger partial charge is 0.496 e. The van der Waals surface area contributed by atoms with Gasteiger partial charge in [0.2, 0.25) is 5.60 Å². The first kappa shape index (κ1) is 24.6. The van der Waals surface area contributed by atoms with Crippen molar-refractivity contribution in [2.75, 3.05) is 20.3 Å². The fourth-order valence-electron chi connectivity index (χ4n) is 5.17. The lowest BCUT2D eigenvalue weighted by molar-refractivity contribution is -0.163. The summed E-state index contributed by atoms with van der Waals surface area (Å²) in [6.07, 6.45) is 5.51. The molecule has 2 aromatic rings. The minimum atomic E-state index is -1.26. The Hall–Kier alpha value is -2.57. The van der Waals surface area contributed by atoms with E-state index in [1.165, 1.54) is 12.8 Å². The van der Waals surface area contributed by atoms with Gasteiger partial charge in [0.15, 0.2) is 0 Å². The molecule has 6 nitrogen and oxygen atoms in total. The van der Waals surface area contributed by atoms with E-state index < -0.39 is 11.6 Å². The minimum Gasteiger partial charge on any atom is -0.496 e. The average molecular weight is 469 g/mol. The number of rotatable bonds is 8. The van der Waals surface area contributed by atoms with Crippen LogP contribution in [0.2, 0.25) is 0 Å². The molecule has 0 bridgehead atoms. The lowest BCUT2D eigenvalue weighted by atomic mass is 9.91. The van der Waals surface area contributed by atoms with Gasteiger partial charge in [0.25, 0.3) is 0 Å². The third kappa shape index (κ3) is 4.93. The van der Waals surface area contributed by atoms with Crippen molar-refractivity contribution in [1.29, 1.82) is 0 Å². The van der Waals surface area contributed by atoms with Crippen LogP contribution in [0.3, 0.4) is 0 Å². The van der Waals surface area contributed by atoms with Crippen molar-refractivity contribution in [3.05, 3.63) is 46.5 Å². The minimum absolute atomic E-state index is 0.272. The highest BCUT2D eigenvalue weighted by Crippen LogP contribution is 2.39. The van der Waals surface area contributed by atoms with Crippen LogP contribution in [0.15, 0.2) is 24.3 Å². The highest BCUT2D eigenvalue weighted by Gasteiger charge is 2.43. The molecule has 1 heterocycles. The van der Waals surface area contributed by atoms with Crippen molar-refractivity contribution < 1.29 is 28.8 Å². The van der Waals surface area contributed by atoms with Crippen LogP contribution in [0.25, 0.3) is 11.1 Å². The number of carbonyl (C=O) groups is 1. The molecule has 1 aliphatic carbocycles. The fourth-order valence-corrected chi connectivity index (χ4v) is 5.17. The molecule has 0 atom stereocenters. The average Bonchev–Trinajstić information content (AvgIpc) is 3.35. The summed E-state index contributed by atoms with van der Waals surface area (Å²) < 4.78 is 23.6. The van der Waals surface area contributed by atoms with Gasteiger partial charge in [-0.3, -0.25) is 0 Å². The van der Waals surface area contributed by atoms with Gasteiger partial charge in [0.1, 0.15) is 11.5 Å². The number of ether oxygens (including phenoxy) is 4. The fraction of sp³-hybridized carbons (Fsp3) is 0.536. The molecule has 184 valence electrons. The van der Waals surface area contributed by atoms with E-state index in [1.807, 2.05) is 18.2 Å². The van der Waals surface area contributed by atoms with Gasteiger partial charge in [-0.2, -0.15) is 0 Å². The number of aryl methyl sites for hydroxylation is 1. The number of aliphatic carboxylic acids is 1. The highest BCUT2D eigenvalue weighted by atomic mass is 16.5. The Morgan fingerprint density at radius 2 is 1.76 bits per heavy atom. The molecule has 2 aromatic carbocycles. The number of carboxylic acid groups (broad SMARTS) is 1. The quantitative estimate of drug-likeness (QED) is 0.531. The van der Waals surface area contributed by atoms with Crippen molar-refractivity contribution in [2.45, 2.75) is 77.6 Å². The van der Waals surface area contributed by atoms with Crippen molar-refractivity contribution in [3.8, 4) is 22.6 Å². The van der Waals surface area contributed by atoms with E-state index in [-0.39, 0.29) is 6.10 Å². The molecular weight excluding hydrogens is 432 g/mol. The summed E-state index contributed by atoms with van der Waals surface area (Å²) in [4.78, 5) is 12.1. The van der Waals surface area contributed by atoms with E-state index in [1.54, 1.807) is 7.11 Å². The molecule has 0 aromatic heterocycles. The van der Waals surface area contributed by atoms with Crippen LogP contribution in [0.1, 0.15) is 60.8 Å². The zero-order chi connectivity index (χ0) is 24.3. The lowest BCUT2D eigenvalue weighted by Gasteiger charge is -2.33. The van der Waals surface area contributed by atoms with Gasteiger partial charge < -0.3 is 24.1 Å². The summed E-state index contributed by atoms with van der Waals surface area (Å²) in [5.41, 5.74) is 5.25. The smallest absolute Gasteiger partial charge is 0.348 e. The second kappa shape index (κ2) is 10.4. The Kier molecular flexibility index (Phi) is 7.48. The summed E-state index contributed by atoms with van der Waals surface area (Å²) in [6.45, 7) is 7.45. The Labute approximate surface area is 202 Å². The lowest BCUT2D eigenvalue weighted by Crippen LogP contribution is -2.49. The summed E-state index contributed by atoms with van der Waals surface area (Å²) >= 11 is 0. The third-order valence-electron chi connectivity index (χ3n) is 7.39. The van der Waals surface area contributed by atoms with Gasteiger partial charge in [-0.15, -0.1) is 0 Å². The van der Waals surface area contributed by atoms with Gasteiger partial charge in [-0.05, 0) is 79.1 Å². The van der Waals surface area contributed by atoms with E-state index in [0.29, 0.717) is 38.4 Å². The van der Waals surface area contributed by atoms with Crippen LogP contribution in [0.4, 0.5) is 0 Å². The Balaban J connectivity index is 1.73. The molecule has 34 heavy (non-hydrogen) atoms. The normalized spacial score (nSPS) is 18.1. The van der Waals surface area contributed by atoms with Gasteiger partial charge in [-0.1, -0.05) is 25.0 Å². The van der Waals surface area contributed by atoms with Crippen molar-refractivity contribution in [2.24, 2.45) is 0 Å². The van der Waals surface area contributed by atoms with Gasteiger partial charge in [0.05, 0.1) is 33.0 Å². The summed E-state index contributed by atoms with van der Waals surface area (Å²) in [7, 11) is 1.71. The third-order valence-corrected chi connectivity index (χ3v) is 7.39. The molecule has 2 aliphatic rings. The molecule has 4 rings (SSSR count). The number of methoxy groups -OCH3 is 1. The Morgan fingerprint density at radius 3 is 2.41 bits per heavy atom. The standard InChI is InChI=1S/C28H36O6/c1-18-15-25(20(3)26(31-4)19(18)2)24-10-9-23(16-21(24)17-33-22-7-5-6-8-22)34-28(27(29)30)11-13-32-14-12-28/h9-10,15-16,22H,5-8,11-14,17H2,1-4H3,(H,29,30). The van der Waals surface area contributed by atoms with Crippen LogP contribution in [0.5, 0.6) is 11.5 Å². The van der Waals surface area contributed by atoms with Crippen LogP contribution < -0.4 is 9.47 Å². The van der Waals surface area contributed by atoms with E-state index >= 15 is 0 Å². The number of hydrogen-bond acceptors (Lipinski definition) is 5. The first-order valence-electron chi connectivity index (χ1n) is 12.2. The zero-order valence-corrected chi connectivity index (χ0v) is 20.7. The van der Waals surface area contributed by atoms with E-state index in [2.05, 4.69) is 26.8 Å². The maximum absolute atomic E-state index is 12.1. The molecule has 0 spiro atoms. The van der Waals surface area contributed by atoms with Crippen molar-refractivity contribution in [1.82, 2.24) is 0 Å². The SMILES string of the molecule is COc1c(C)c(C)cc(-c2ccc(OC3(C(=O)O)CCOCC3)cc2COC2CCCC2)c1C. The maximum atomic E-state index is 12.1. The molecular formula is C28H36O6. The molecule has 0 amide bonds. The number of benzene rings is 2. The zero-order valence-electron chi connectivity index (χ0n) is 20.7. The van der Waals surface area contributed by atoms with Gasteiger partial charge >= 0.3 is 5.97 Å². The van der Waals surface area contributed by atoms with Crippen molar-refractivity contribution in [3.63, 3.8) is 0 Å². The predicted octanol–water partition coefficient (Wildman–Crippen LogP) is 5.76. The molecule has 1 saturated heterocycles. The number of carboxylic acids is 1. The first-order valence-corrected chi connectivity index (χ1v) is 12.2. The molecule has 6 heteroatoms. The predicted molar refractivity (Wildman–Crippen MR) is 131 cm³/mol. The summed E-state index contributed by atoms with van der Waals surface area (Å²) in [5, 5.41) is 9.93. The van der Waals surface area contributed by atoms with E-state index in [9.17, 15) is 9.90 Å². The second-order valence-electron chi connectivity index (χ2n) is 9.57. The van der Waals surface area contributed by atoms with E-state index in [0.717, 1.165) is 52.0 Å². The Morgan fingerprint density at radius 1 is 1.06 bits per heavy atom. The topological polar surface area (TPSA) is 74.2 Å². The second-order valence-corrected chi connectivity index (χ2v) is 9.57. The monoisotopic (exact) mass is 468 g/mol. The summed E-state index contributed by atoms with van der Waals surface area (Å²) in [5.74, 6) is 0.495. The molecule has 1 saturated carbocycles. The van der Waals surface area contributed by atoms with Crippen LogP contribution in [-0.4, -0.2) is 43.1 Å². The van der Waals surface area contributed by atoms with E-state index in [4.69, 9.17) is 18.9 Å². The molecule has 2 fully saturated rings. The Bertz CT molecular complexity index is 1030. The maximum Gasteiger partial charge on any atom is 0.348 e. The highest BCUT2D eigenvalue weighted by molar-refractivity contribution is 5.79. The van der Waals surface area contributed by atoms with Gasteiger partial charge in [-0.25, -0.2) is 4.79 Å². The van der Waals surface area contributed by atoms with Gasteiger partial charge in [0, 0.05) is 12.8 Å². The van der Waals surface area contributed by atoms with Crippen LogP contribution in [0, 0.1) is 20.8 Å². The van der Waals surface area contributed by atoms with Crippen LogP contribution >= 0.6 is 0 Å². The number of hydrogen-bond donors (Lipinski definition) is 1. The first-order chi connectivity index (χ1) is 16.3. The molecule has 1 aliphatic heterocycles. The molecule has 0 radical (unpaired) electrons.